The van der Waals surface area contributed by atoms with Crippen molar-refractivity contribution >= 4 is 87.5 Å². The summed E-state index contributed by atoms with van der Waals surface area (Å²) < 4.78 is 2.15. The van der Waals surface area contributed by atoms with E-state index in [0.717, 1.165) is 44.5 Å². The van der Waals surface area contributed by atoms with Crippen LogP contribution >= 0.6 is 31.9 Å². The zero-order chi connectivity index (χ0) is 37.9. The minimum absolute atomic E-state index is 1.08. The van der Waals surface area contributed by atoms with Crippen molar-refractivity contribution in [3.05, 3.63) is 164 Å². The third kappa shape index (κ3) is 7.88. The smallest absolute Gasteiger partial charge is 0.0520 e. The minimum atomic E-state index is 1.08. The summed E-state index contributed by atoms with van der Waals surface area (Å²) in [6.45, 7) is 13.6. The van der Waals surface area contributed by atoms with Crippen molar-refractivity contribution < 1.29 is 0 Å². The van der Waals surface area contributed by atoms with Crippen LogP contribution in [0.25, 0.3) is 21.5 Å². The van der Waals surface area contributed by atoms with Crippen LogP contribution in [0, 0.1) is 27.7 Å². The normalized spacial score (nSPS) is 11.4. The molecule has 7 aromatic rings. The zero-order valence-corrected chi connectivity index (χ0v) is 35.6. The minimum Gasteiger partial charge on any atom is -0.310 e. The molecule has 0 radical (unpaired) electrons. The van der Waals surface area contributed by atoms with Gasteiger partial charge in [0.05, 0.1) is 11.4 Å². The van der Waals surface area contributed by atoms with E-state index in [0.29, 0.717) is 0 Å². The van der Waals surface area contributed by atoms with Gasteiger partial charge in [-0.1, -0.05) is 107 Å². The second kappa shape index (κ2) is 16.6. The summed E-state index contributed by atoms with van der Waals surface area (Å²) >= 11 is 7.33. The molecular weight excluding hydrogens is 788 g/mol. The van der Waals surface area contributed by atoms with Gasteiger partial charge < -0.3 is 9.80 Å². The molecule has 0 aromatic heterocycles. The van der Waals surface area contributed by atoms with Gasteiger partial charge in [-0.2, -0.15) is 0 Å². The van der Waals surface area contributed by atoms with Crippen LogP contribution < -0.4 is 9.80 Å². The first kappa shape index (κ1) is 37.9. The van der Waals surface area contributed by atoms with Crippen LogP contribution in [-0.2, 0) is 12.8 Å². The second-order valence-corrected chi connectivity index (χ2v) is 16.7. The first-order valence-electron chi connectivity index (χ1n) is 19.4. The van der Waals surface area contributed by atoms with Crippen molar-refractivity contribution in [1.29, 1.82) is 0 Å². The highest BCUT2D eigenvalue weighted by Crippen LogP contribution is 2.44. The zero-order valence-electron chi connectivity index (χ0n) is 32.4. The number of nitrogens with zero attached hydrogens (tertiary/aromatic N) is 2. The van der Waals surface area contributed by atoms with Gasteiger partial charge in [0, 0.05) is 31.7 Å². The molecular formula is C50H50Br2N2. The van der Waals surface area contributed by atoms with Gasteiger partial charge in [-0.3, -0.25) is 0 Å². The molecule has 0 heterocycles. The highest BCUT2D eigenvalue weighted by atomic mass is 79.9. The van der Waals surface area contributed by atoms with Crippen molar-refractivity contribution in [1.82, 2.24) is 0 Å². The maximum atomic E-state index is 3.66. The van der Waals surface area contributed by atoms with Gasteiger partial charge in [0.15, 0.2) is 0 Å². The van der Waals surface area contributed by atoms with E-state index >= 15 is 0 Å². The quantitative estimate of drug-likeness (QED) is 0.113. The van der Waals surface area contributed by atoms with E-state index in [4.69, 9.17) is 0 Å². The number of rotatable bonds is 12. The molecule has 0 saturated carbocycles. The molecule has 0 unspecified atom stereocenters. The Morgan fingerprint density at radius 1 is 0.407 bits per heavy atom. The summed E-state index contributed by atoms with van der Waals surface area (Å²) in [5.74, 6) is 0. The van der Waals surface area contributed by atoms with Gasteiger partial charge in [0.25, 0.3) is 0 Å². The topological polar surface area (TPSA) is 6.48 Å². The Morgan fingerprint density at radius 3 is 1.07 bits per heavy atom. The van der Waals surface area contributed by atoms with Crippen LogP contribution in [-0.4, -0.2) is 0 Å². The largest absolute Gasteiger partial charge is 0.310 e. The van der Waals surface area contributed by atoms with E-state index in [1.54, 1.807) is 0 Å². The van der Waals surface area contributed by atoms with E-state index in [1.165, 1.54) is 92.0 Å². The molecule has 2 nitrogen and oxygen atoms in total. The third-order valence-corrected chi connectivity index (χ3v) is 11.7. The summed E-state index contributed by atoms with van der Waals surface area (Å²) in [7, 11) is 0. The summed E-state index contributed by atoms with van der Waals surface area (Å²) in [5, 5.41) is 4.96. The first-order chi connectivity index (χ1) is 26.1. The highest BCUT2D eigenvalue weighted by Gasteiger charge is 2.21. The molecule has 274 valence electrons. The number of anilines is 6. The first-order valence-corrected chi connectivity index (χ1v) is 21.0. The fraction of sp³-hybridized carbons (Fsp3) is 0.240. The Balaban J connectivity index is 1.33. The molecule has 7 rings (SSSR count). The lowest BCUT2D eigenvalue weighted by atomic mass is 9.97. The van der Waals surface area contributed by atoms with Gasteiger partial charge in [0.2, 0.25) is 0 Å². The molecule has 0 saturated heterocycles. The molecule has 7 aromatic carbocycles. The van der Waals surface area contributed by atoms with Gasteiger partial charge in [0.1, 0.15) is 0 Å². The average molecular weight is 839 g/mol. The number of hydrogen-bond acceptors (Lipinski definition) is 2. The van der Waals surface area contributed by atoms with Gasteiger partial charge in [-0.05, 0) is 181 Å². The van der Waals surface area contributed by atoms with Gasteiger partial charge in [-0.25, -0.2) is 0 Å². The summed E-state index contributed by atoms with van der Waals surface area (Å²) in [4.78, 5) is 4.86. The second-order valence-electron chi connectivity index (χ2n) is 14.9. The fourth-order valence-electron chi connectivity index (χ4n) is 8.17. The van der Waals surface area contributed by atoms with Gasteiger partial charge >= 0.3 is 0 Å². The van der Waals surface area contributed by atoms with Crippen molar-refractivity contribution in [2.45, 2.75) is 80.1 Å². The number of aryl methyl sites for hydroxylation is 6. The van der Waals surface area contributed by atoms with Crippen molar-refractivity contribution in [2.24, 2.45) is 0 Å². The lowest BCUT2D eigenvalue weighted by Crippen LogP contribution is -2.13. The molecule has 0 aliphatic rings. The lowest BCUT2D eigenvalue weighted by Gasteiger charge is -2.30. The predicted octanol–water partition coefficient (Wildman–Crippen LogP) is 16.4. The maximum Gasteiger partial charge on any atom is 0.0520 e. The van der Waals surface area contributed by atoms with Crippen molar-refractivity contribution in [3.8, 4) is 0 Å². The van der Waals surface area contributed by atoms with Crippen LogP contribution in [0.3, 0.4) is 0 Å². The molecule has 0 N–H and O–H groups in total. The lowest BCUT2D eigenvalue weighted by molar-refractivity contribution is 0.794. The predicted molar refractivity (Wildman–Crippen MR) is 242 cm³/mol. The van der Waals surface area contributed by atoms with E-state index in [1.807, 2.05) is 0 Å². The molecule has 0 aliphatic heterocycles. The molecule has 0 aliphatic carbocycles. The molecule has 0 amide bonds. The number of unbranched alkanes of at least 4 members (excludes halogenated alkanes) is 2. The molecule has 0 spiro atoms. The van der Waals surface area contributed by atoms with Crippen LogP contribution in [0.5, 0.6) is 0 Å². The SMILES string of the molecule is CCCCc1cc(C)c(N(c2ccc(Br)cc2)c2ccc3c(ccc4cc(N(c5ccc(Br)cc5)c5c(C)cc(CCCC)cc5C)ccc43)c2)c(C)c1. The molecule has 54 heavy (non-hydrogen) atoms. The summed E-state index contributed by atoms with van der Waals surface area (Å²) in [6, 6.07) is 45.4. The summed E-state index contributed by atoms with van der Waals surface area (Å²) in [6.07, 6.45) is 7.06. The Hall–Kier alpha value is -4.38. The van der Waals surface area contributed by atoms with Crippen LogP contribution in [0.1, 0.15) is 72.9 Å². The fourth-order valence-corrected chi connectivity index (χ4v) is 8.69. The third-order valence-electron chi connectivity index (χ3n) is 10.7. The molecule has 4 heteroatoms. The number of benzene rings is 7. The Morgan fingerprint density at radius 2 is 0.741 bits per heavy atom. The molecule has 0 bridgehead atoms. The Labute approximate surface area is 339 Å². The number of fused-ring (bicyclic) bond motifs is 3. The maximum absolute atomic E-state index is 3.66. The van der Waals surface area contributed by atoms with Gasteiger partial charge in [-0.15, -0.1) is 0 Å². The van der Waals surface area contributed by atoms with E-state index in [-0.39, 0.29) is 0 Å². The molecule has 0 fully saturated rings. The van der Waals surface area contributed by atoms with Crippen LogP contribution in [0.2, 0.25) is 0 Å². The van der Waals surface area contributed by atoms with Crippen molar-refractivity contribution in [2.75, 3.05) is 9.80 Å². The van der Waals surface area contributed by atoms with E-state index < -0.39 is 0 Å². The highest BCUT2D eigenvalue weighted by molar-refractivity contribution is 9.10. The standard InChI is InChI=1S/C50H50Br2N2/c1-7-9-11-37-27-33(3)49(34(4)28-37)53(43-19-15-41(51)16-20-43)45-23-25-47-39(31-45)13-14-40-32-46(24-26-48(40)47)54(44-21-17-42(52)18-22-44)50-35(5)29-38(12-10-8-2)30-36(50)6/h13-32H,7-12H2,1-6H3. The van der Waals surface area contributed by atoms with E-state index in [9.17, 15) is 0 Å². The molecule has 0 atom stereocenters. The number of hydrogen-bond donors (Lipinski definition) is 0. The Bertz CT molecular complexity index is 2210. The Kier molecular flexibility index (Phi) is 11.6. The van der Waals surface area contributed by atoms with Crippen LogP contribution in [0.4, 0.5) is 34.1 Å². The van der Waals surface area contributed by atoms with Crippen LogP contribution in [0.15, 0.2) is 130 Å². The average Bonchev–Trinajstić information content (AvgIpc) is 3.16. The number of halogens is 2. The van der Waals surface area contributed by atoms with E-state index in [2.05, 4.69) is 205 Å². The van der Waals surface area contributed by atoms with Crippen molar-refractivity contribution in [3.63, 3.8) is 0 Å². The monoisotopic (exact) mass is 836 g/mol. The summed E-state index contributed by atoms with van der Waals surface area (Å²) in [5.41, 5.74) is 15.1.